The molecule has 0 saturated heterocycles. The maximum Gasteiger partial charge on any atom is 0.169 e. The Labute approximate surface area is 148 Å². The minimum Gasteiger partial charge on any atom is -0.497 e. The van der Waals surface area contributed by atoms with Crippen LogP contribution in [0, 0.1) is 11.6 Å². The minimum absolute atomic E-state index is 0.104. The average Bonchev–Trinajstić information content (AvgIpc) is 3.07. The summed E-state index contributed by atoms with van der Waals surface area (Å²) in [5.74, 6) is -0.733. The SMILES string of the molecule is COc1cccc(CN2Cc3nc(-c4cccc(F)c4F)[nH]c3C=N2)c1. The molecule has 7 heteroatoms. The zero-order chi connectivity index (χ0) is 18.1. The monoisotopic (exact) mass is 354 g/mol. The lowest BCUT2D eigenvalue weighted by molar-refractivity contribution is 0.264. The molecule has 0 saturated carbocycles. The van der Waals surface area contributed by atoms with E-state index in [0.29, 0.717) is 24.6 Å². The molecule has 0 amide bonds. The number of rotatable bonds is 4. The number of ether oxygens (including phenoxy) is 1. The molecule has 4 rings (SSSR count). The summed E-state index contributed by atoms with van der Waals surface area (Å²) in [5.41, 5.74) is 2.59. The highest BCUT2D eigenvalue weighted by Crippen LogP contribution is 2.25. The number of methoxy groups -OCH3 is 1. The Bertz CT molecular complexity index is 983. The van der Waals surface area contributed by atoms with Crippen LogP contribution in [0.2, 0.25) is 0 Å². The number of aromatic nitrogens is 2. The van der Waals surface area contributed by atoms with Gasteiger partial charge in [0.05, 0.1) is 43.4 Å². The molecule has 0 atom stereocenters. The summed E-state index contributed by atoms with van der Waals surface area (Å²) in [6.45, 7) is 1.06. The van der Waals surface area contributed by atoms with Crippen LogP contribution >= 0.6 is 0 Å². The number of hydrogen-bond donors (Lipinski definition) is 1. The van der Waals surface area contributed by atoms with Crippen LogP contribution < -0.4 is 4.74 Å². The largest absolute Gasteiger partial charge is 0.497 e. The van der Waals surface area contributed by atoms with Crippen molar-refractivity contribution < 1.29 is 13.5 Å². The maximum atomic E-state index is 14.0. The van der Waals surface area contributed by atoms with Crippen molar-refractivity contribution >= 4 is 6.21 Å². The Morgan fingerprint density at radius 3 is 2.88 bits per heavy atom. The van der Waals surface area contributed by atoms with E-state index in [9.17, 15) is 8.78 Å². The fourth-order valence-electron chi connectivity index (χ4n) is 2.90. The molecule has 26 heavy (non-hydrogen) atoms. The molecule has 0 unspecified atom stereocenters. The minimum atomic E-state index is -0.913. The van der Waals surface area contributed by atoms with Gasteiger partial charge in [0.15, 0.2) is 11.6 Å². The average molecular weight is 354 g/mol. The molecule has 2 aromatic carbocycles. The number of nitrogens with one attached hydrogen (secondary N) is 1. The molecule has 0 spiro atoms. The van der Waals surface area contributed by atoms with Crippen LogP contribution in [-0.4, -0.2) is 28.3 Å². The van der Waals surface area contributed by atoms with E-state index in [0.717, 1.165) is 23.1 Å². The first-order chi connectivity index (χ1) is 12.6. The summed E-state index contributed by atoms with van der Waals surface area (Å²) in [4.78, 5) is 7.44. The summed E-state index contributed by atoms with van der Waals surface area (Å²) < 4.78 is 32.7. The number of aromatic amines is 1. The smallest absolute Gasteiger partial charge is 0.169 e. The number of hydrazone groups is 1. The molecule has 2 heterocycles. The molecule has 1 aliphatic heterocycles. The molecule has 0 fully saturated rings. The van der Waals surface area contributed by atoms with E-state index in [2.05, 4.69) is 15.1 Å². The van der Waals surface area contributed by atoms with Gasteiger partial charge in [-0.1, -0.05) is 18.2 Å². The number of imidazole rings is 1. The van der Waals surface area contributed by atoms with Crippen molar-refractivity contribution in [3.63, 3.8) is 0 Å². The van der Waals surface area contributed by atoms with Crippen molar-refractivity contribution in [2.75, 3.05) is 7.11 Å². The van der Waals surface area contributed by atoms with Crippen molar-refractivity contribution in [1.82, 2.24) is 15.0 Å². The predicted octanol–water partition coefficient (Wildman–Crippen LogP) is 3.71. The summed E-state index contributed by atoms with van der Waals surface area (Å²) in [6, 6.07) is 11.8. The molecule has 0 aliphatic carbocycles. The number of halogens is 2. The number of H-pyrrole nitrogens is 1. The molecular formula is C19H16F2N4O. The second-order valence-electron chi connectivity index (χ2n) is 5.97. The molecule has 0 radical (unpaired) electrons. The normalized spacial score (nSPS) is 13.0. The van der Waals surface area contributed by atoms with Gasteiger partial charge in [0.1, 0.15) is 11.6 Å². The van der Waals surface area contributed by atoms with Crippen molar-refractivity contribution in [3.05, 3.63) is 71.1 Å². The summed E-state index contributed by atoms with van der Waals surface area (Å²) >= 11 is 0. The predicted molar refractivity (Wildman–Crippen MR) is 93.8 cm³/mol. The van der Waals surface area contributed by atoms with Crippen molar-refractivity contribution in [2.45, 2.75) is 13.1 Å². The second-order valence-corrected chi connectivity index (χ2v) is 5.97. The van der Waals surface area contributed by atoms with E-state index in [4.69, 9.17) is 4.74 Å². The van der Waals surface area contributed by atoms with Gasteiger partial charge in [0.2, 0.25) is 0 Å². The third-order valence-electron chi connectivity index (χ3n) is 4.20. The van der Waals surface area contributed by atoms with Crippen molar-refractivity contribution in [2.24, 2.45) is 5.10 Å². The summed E-state index contributed by atoms with van der Waals surface area (Å²) in [7, 11) is 1.63. The fraction of sp³-hybridized carbons (Fsp3) is 0.158. The fourth-order valence-corrected chi connectivity index (χ4v) is 2.90. The lowest BCUT2D eigenvalue weighted by Crippen LogP contribution is -2.21. The number of hydrogen-bond acceptors (Lipinski definition) is 4. The van der Waals surface area contributed by atoms with Crippen LogP contribution in [0.25, 0.3) is 11.4 Å². The van der Waals surface area contributed by atoms with Gasteiger partial charge >= 0.3 is 0 Å². The summed E-state index contributed by atoms with van der Waals surface area (Å²) in [5, 5.41) is 6.25. The van der Waals surface area contributed by atoms with Crippen LogP contribution in [0.4, 0.5) is 8.78 Å². The first-order valence-corrected chi connectivity index (χ1v) is 8.09. The topological polar surface area (TPSA) is 53.5 Å². The van der Waals surface area contributed by atoms with E-state index in [1.807, 2.05) is 29.3 Å². The van der Waals surface area contributed by atoms with Gasteiger partial charge in [-0.2, -0.15) is 5.10 Å². The van der Waals surface area contributed by atoms with Gasteiger partial charge in [-0.05, 0) is 29.8 Å². The van der Waals surface area contributed by atoms with E-state index < -0.39 is 11.6 Å². The van der Waals surface area contributed by atoms with E-state index >= 15 is 0 Å². The van der Waals surface area contributed by atoms with Crippen LogP contribution in [0.1, 0.15) is 17.0 Å². The lowest BCUT2D eigenvalue weighted by Gasteiger charge is -2.21. The first kappa shape index (κ1) is 16.3. The quantitative estimate of drug-likeness (QED) is 0.777. The zero-order valence-electron chi connectivity index (χ0n) is 14.0. The summed E-state index contributed by atoms with van der Waals surface area (Å²) in [6.07, 6.45) is 1.65. The van der Waals surface area contributed by atoms with Gasteiger partial charge in [-0.25, -0.2) is 13.8 Å². The Morgan fingerprint density at radius 2 is 2.04 bits per heavy atom. The van der Waals surface area contributed by atoms with Crippen LogP contribution in [0.5, 0.6) is 5.75 Å². The Hall–Kier alpha value is -3.22. The molecule has 1 N–H and O–H groups in total. The number of fused-ring (bicyclic) bond motifs is 1. The van der Waals surface area contributed by atoms with E-state index in [1.54, 1.807) is 13.3 Å². The molecule has 5 nitrogen and oxygen atoms in total. The van der Waals surface area contributed by atoms with Crippen LogP contribution in [-0.2, 0) is 13.1 Å². The van der Waals surface area contributed by atoms with Gasteiger partial charge in [0.25, 0.3) is 0 Å². The third-order valence-corrected chi connectivity index (χ3v) is 4.20. The highest BCUT2D eigenvalue weighted by Gasteiger charge is 2.20. The molecule has 132 valence electrons. The van der Waals surface area contributed by atoms with Gasteiger partial charge < -0.3 is 9.72 Å². The number of benzene rings is 2. The van der Waals surface area contributed by atoms with Gasteiger partial charge in [0, 0.05) is 0 Å². The van der Waals surface area contributed by atoms with Gasteiger partial charge in [-0.15, -0.1) is 0 Å². The third kappa shape index (κ3) is 3.03. The maximum absolute atomic E-state index is 14.0. The standard InChI is InChI=1S/C19H16F2N4O/c1-26-13-5-2-4-12(8-13)10-25-11-17-16(9-22-25)23-19(24-17)14-6-3-7-15(20)18(14)21/h2-9H,10-11H2,1H3,(H,23,24). The van der Waals surface area contributed by atoms with Crippen LogP contribution in [0.15, 0.2) is 47.6 Å². The molecular weight excluding hydrogens is 338 g/mol. The van der Waals surface area contributed by atoms with E-state index in [1.165, 1.54) is 12.1 Å². The first-order valence-electron chi connectivity index (χ1n) is 8.09. The second kappa shape index (κ2) is 6.59. The van der Waals surface area contributed by atoms with E-state index in [-0.39, 0.29) is 5.56 Å². The van der Waals surface area contributed by atoms with Crippen molar-refractivity contribution in [3.8, 4) is 17.1 Å². The zero-order valence-corrected chi connectivity index (χ0v) is 14.0. The van der Waals surface area contributed by atoms with Gasteiger partial charge in [-0.3, -0.25) is 5.01 Å². The highest BCUT2D eigenvalue weighted by atomic mass is 19.2. The molecule has 1 aromatic heterocycles. The Kier molecular flexibility index (Phi) is 4.12. The van der Waals surface area contributed by atoms with Crippen LogP contribution in [0.3, 0.4) is 0 Å². The van der Waals surface area contributed by atoms with Crippen molar-refractivity contribution in [1.29, 1.82) is 0 Å². The molecule has 0 bridgehead atoms. The molecule has 3 aromatic rings. The lowest BCUT2D eigenvalue weighted by atomic mass is 10.2. The molecule has 1 aliphatic rings. The highest BCUT2D eigenvalue weighted by molar-refractivity contribution is 5.80. The number of nitrogens with zero attached hydrogens (tertiary/aromatic N) is 3. The Balaban J connectivity index is 1.56. The Morgan fingerprint density at radius 1 is 1.19 bits per heavy atom.